The molecule has 1 N–H and O–H groups in total. The number of hydrogen-bond acceptors (Lipinski definition) is 3. The van der Waals surface area contributed by atoms with Crippen molar-refractivity contribution in [1.82, 2.24) is 15.1 Å². The van der Waals surface area contributed by atoms with E-state index in [2.05, 4.69) is 46.6 Å². The van der Waals surface area contributed by atoms with Crippen LogP contribution in [0.1, 0.15) is 43.5 Å². The van der Waals surface area contributed by atoms with Crippen LogP contribution in [0.4, 0.5) is 4.79 Å². The molecule has 2 aliphatic rings. The summed E-state index contributed by atoms with van der Waals surface area (Å²) in [5, 5.41) is 5.35. The van der Waals surface area contributed by atoms with E-state index in [4.69, 9.17) is 0 Å². The van der Waals surface area contributed by atoms with Crippen molar-refractivity contribution < 1.29 is 4.79 Å². The Balaban J connectivity index is 1.66. The molecule has 2 amide bonds. The molecule has 0 radical (unpaired) electrons. The number of fused-ring (bicyclic) bond motifs is 1. The summed E-state index contributed by atoms with van der Waals surface area (Å²) in [4.78, 5) is 18.6. The first-order valence-corrected chi connectivity index (χ1v) is 9.36. The lowest BCUT2D eigenvalue weighted by Gasteiger charge is -2.46. The SMILES string of the molecule is CC[C@H](NC(=O)N1CCC[C@H]2CN(C)CC[C@@H]21)c1cccs1. The Morgan fingerprint density at radius 2 is 2.32 bits per heavy atom. The van der Waals surface area contributed by atoms with Gasteiger partial charge >= 0.3 is 6.03 Å². The van der Waals surface area contributed by atoms with E-state index in [0.717, 1.165) is 38.9 Å². The van der Waals surface area contributed by atoms with Crippen LogP contribution in [-0.4, -0.2) is 48.6 Å². The van der Waals surface area contributed by atoms with E-state index in [-0.39, 0.29) is 12.1 Å². The molecule has 22 heavy (non-hydrogen) atoms. The van der Waals surface area contributed by atoms with Crippen molar-refractivity contribution in [2.45, 2.75) is 44.7 Å². The van der Waals surface area contributed by atoms with E-state index in [9.17, 15) is 4.79 Å². The Morgan fingerprint density at radius 1 is 1.45 bits per heavy atom. The molecule has 2 fully saturated rings. The van der Waals surface area contributed by atoms with Crippen LogP contribution in [0.25, 0.3) is 0 Å². The van der Waals surface area contributed by atoms with E-state index >= 15 is 0 Å². The number of piperidine rings is 2. The van der Waals surface area contributed by atoms with Crippen molar-refractivity contribution in [3.05, 3.63) is 22.4 Å². The van der Waals surface area contributed by atoms with Crippen molar-refractivity contribution in [2.75, 3.05) is 26.7 Å². The predicted molar refractivity (Wildman–Crippen MR) is 91.2 cm³/mol. The molecule has 2 saturated heterocycles. The lowest BCUT2D eigenvalue weighted by atomic mass is 9.84. The summed E-state index contributed by atoms with van der Waals surface area (Å²) in [5.41, 5.74) is 0. The number of amides is 2. The molecule has 122 valence electrons. The summed E-state index contributed by atoms with van der Waals surface area (Å²) in [6.45, 7) is 5.29. The number of likely N-dealkylation sites (tertiary alicyclic amines) is 2. The smallest absolute Gasteiger partial charge is 0.318 e. The number of rotatable bonds is 3. The van der Waals surface area contributed by atoms with E-state index < -0.39 is 0 Å². The standard InChI is InChI=1S/C17H27N3OS/c1-3-14(16-7-5-11-22-16)18-17(21)20-9-4-6-13-12-19(2)10-8-15(13)20/h5,7,11,13-15H,3-4,6,8-10,12H2,1-2H3,(H,18,21)/t13-,14-,15-/m0/s1. The molecular weight excluding hydrogens is 294 g/mol. The molecule has 0 saturated carbocycles. The van der Waals surface area contributed by atoms with Crippen molar-refractivity contribution in [3.63, 3.8) is 0 Å². The first kappa shape index (κ1) is 15.8. The highest BCUT2D eigenvalue weighted by Gasteiger charge is 2.37. The molecule has 1 aromatic rings. The third kappa shape index (κ3) is 3.30. The lowest BCUT2D eigenvalue weighted by Crippen LogP contribution is -2.57. The Kier molecular flexibility index (Phi) is 5.03. The van der Waals surface area contributed by atoms with Gasteiger partial charge < -0.3 is 15.1 Å². The average Bonchev–Trinajstić information content (AvgIpc) is 3.05. The van der Waals surface area contributed by atoms with E-state index in [1.807, 2.05) is 0 Å². The van der Waals surface area contributed by atoms with Gasteiger partial charge in [-0.1, -0.05) is 13.0 Å². The second-order valence-electron chi connectivity index (χ2n) is 6.64. The fourth-order valence-electron chi connectivity index (χ4n) is 3.93. The maximum atomic E-state index is 12.8. The highest BCUT2D eigenvalue weighted by molar-refractivity contribution is 7.10. The number of nitrogens with zero attached hydrogens (tertiary/aromatic N) is 2. The molecule has 0 spiro atoms. The van der Waals surface area contributed by atoms with Crippen LogP contribution in [0.5, 0.6) is 0 Å². The van der Waals surface area contributed by atoms with Gasteiger partial charge in [0, 0.05) is 24.0 Å². The van der Waals surface area contributed by atoms with Crippen molar-refractivity contribution in [3.8, 4) is 0 Å². The third-order valence-corrected chi connectivity index (χ3v) is 6.11. The zero-order chi connectivity index (χ0) is 15.5. The van der Waals surface area contributed by atoms with Crippen LogP contribution >= 0.6 is 11.3 Å². The molecule has 2 aliphatic heterocycles. The molecule has 1 aromatic heterocycles. The minimum Gasteiger partial charge on any atom is -0.330 e. The van der Waals surface area contributed by atoms with Gasteiger partial charge in [-0.15, -0.1) is 11.3 Å². The van der Waals surface area contributed by atoms with Gasteiger partial charge in [0.2, 0.25) is 0 Å². The molecule has 0 aliphatic carbocycles. The molecule has 0 bridgehead atoms. The number of carbonyl (C=O) groups excluding carboxylic acids is 1. The second-order valence-corrected chi connectivity index (χ2v) is 7.62. The third-order valence-electron chi connectivity index (χ3n) is 5.12. The number of thiophene rings is 1. The van der Waals surface area contributed by atoms with Gasteiger partial charge in [-0.05, 0) is 56.6 Å². The topological polar surface area (TPSA) is 35.6 Å². The van der Waals surface area contributed by atoms with Gasteiger partial charge in [-0.3, -0.25) is 0 Å². The van der Waals surface area contributed by atoms with Crippen molar-refractivity contribution >= 4 is 17.4 Å². The molecule has 0 unspecified atom stereocenters. The Labute approximate surface area is 137 Å². The Bertz CT molecular complexity index is 490. The fraction of sp³-hybridized carbons (Fsp3) is 0.706. The summed E-state index contributed by atoms with van der Waals surface area (Å²) < 4.78 is 0. The summed E-state index contributed by atoms with van der Waals surface area (Å²) in [7, 11) is 2.19. The summed E-state index contributed by atoms with van der Waals surface area (Å²) in [6.07, 6.45) is 4.46. The Hall–Kier alpha value is -1.07. The first-order chi connectivity index (χ1) is 10.7. The summed E-state index contributed by atoms with van der Waals surface area (Å²) in [5.74, 6) is 0.653. The van der Waals surface area contributed by atoms with Gasteiger partial charge in [-0.2, -0.15) is 0 Å². The molecule has 4 nitrogen and oxygen atoms in total. The molecule has 0 aromatic carbocycles. The van der Waals surface area contributed by atoms with Gasteiger partial charge in [0.1, 0.15) is 0 Å². The van der Waals surface area contributed by atoms with Crippen molar-refractivity contribution in [1.29, 1.82) is 0 Å². The number of urea groups is 1. The van der Waals surface area contributed by atoms with E-state index in [1.54, 1.807) is 11.3 Å². The van der Waals surface area contributed by atoms with Crippen LogP contribution in [0, 0.1) is 5.92 Å². The fourth-order valence-corrected chi connectivity index (χ4v) is 4.79. The molecular formula is C17H27N3OS. The van der Waals surface area contributed by atoms with Crippen LogP contribution < -0.4 is 5.32 Å². The number of nitrogens with one attached hydrogen (secondary N) is 1. The minimum atomic E-state index is 0.138. The van der Waals surface area contributed by atoms with E-state index in [1.165, 1.54) is 11.3 Å². The van der Waals surface area contributed by atoms with Crippen LogP contribution in [-0.2, 0) is 0 Å². The quantitative estimate of drug-likeness (QED) is 0.927. The zero-order valence-electron chi connectivity index (χ0n) is 13.6. The summed E-state index contributed by atoms with van der Waals surface area (Å²) >= 11 is 1.73. The van der Waals surface area contributed by atoms with Crippen LogP contribution in [0.3, 0.4) is 0 Å². The lowest BCUT2D eigenvalue weighted by molar-refractivity contribution is 0.0523. The first-order valence-electron chi connectivity index (χ1n) is 8.48. The predicted octanol–water partition coefficient (Wildman–Crippen LogP) is 3.32. The van der Waals surface area contributed by atoms with Crippen molar-refractivity contribution in [2.24, 2.45) is 5.92 Å². The highest BCUT2D eigenvalue weighted by atomic mass is 32.1. The maximum Gasteiger partial charge on any atom is 0.318 e. The second kappa shape index (κ2) is 7.01. The van der Waals surface area contributed by atoms with Gasteiger partial charge in [0.05, 0.1) is 6.04 Å². The maximum absolute atomic E-state index is 12.8. The van der Waals surface area contributed by atoms with Crippen LogP contribution in [0.2, 0.25) is 0 Å². The monoisotopic (exact) mass is 321 g/mol. The van der Waals surface area contributed by atoms with Gasteiger partial charge in [0.25, 0.3) is 0 Å². The minimum absolute atomic E-state index is 0.138. The summed E-state index contributed by atoms with van der Waals surface area (Å²) in [6, 6.07) is 4.90. The average molecular weight is 321 g/mol. The molecule has 3 atom stereocenters. The molecule has 5 heteroatoms. The van der Waals surface area contributed by atoms with E-state index in [0.29, 0.717) is 12.0 Å². The number of carbonyl (C=O) groups is 1. The number of hydrogen-bond donors (Lipinski definition) is 1. The van der Waals surface area contributed by atoms with Crippen LogP contribution in [0.15, 0.2) is 17.5 Å². The zero-order valence-corrected chi connectivity index (χ0v) is 14.4. The normalized spacial score (nSPS) is 27.3. The molecule has 3 heterocycles. The Morgan fingerprint density at radius 3 is 3.05 bits per heavy atom. The largest absolute Gasteiger partial charge is 0.330 e. The highest BCUT2D eigenvalue weighted by Crippen LogP contribution is 2.31. The van der Waals surface area contributed by atoms with Gasteiger partial charge in [0.15, 0.2) is 0 Å². The van der Waals surface area contributed by atoms with Gasteiger partial charge in [-0.25, -0.2) is 4.79 Å². The molecule has 3 rings (SSSR count).